The summed E-state index contributed by atoms with van der Waals surface area (Å²) in [5.74, 6) is 0.530. The number of aliphatic imine (C=N–C) groups is 1. The molecule has 0 radical (unpaired) electrons. The Balaban J connectivity index is 0.00000450. The molecule has 164 valence electrons. The van der Waals surface area contributed by atoms with Gasteiger partial charge in [0.1, 0.15) is 0 Å². The predicted molar refractivity (Wildman–Crippen MR) is 135 cm³/mol. The first-order valence-electron chi connectivity index (χ1n) is 9.40. The topological polar surface area (TPSA) is 85.8 Å². The Morgan fingerprint density at radius 2 is 1.73 bits per heavy atom. The van der Waals surface area contributed by atoms with Crippen molar-refractivity contribution in [3.05, 3.63) is 63.6 Å². The van der Waals surface area contributed by atoms with Crippen molar-refractivity contribution < 1.29 is 9.90 Å². The molecule has 0 bridgehead atoms. The summed E-state index contributed by atoms with van der Waals surface area (Å²) in [5, 5.41) is 20.5. The highest BCUT2D eigenvalue weighted by molar-refractivity contribution is 14.0. The van der Waals surface area contributed by atoms with Gasteiger partial charge < -0.3 is 21.1 Å². The van der Waals surface area contributed by atoms with E-state index in [1.165, 1.54) is 6.92 Å². The largest absolute Gasteiger partial charge is 0.386 e. The zero-order valence-electron chi connectivity index (χ0n) is 16.9. The van der Waals surface area contributed by atoms with Gasteiger partial charge in [-0.05, 0) is 54.8 Å². The molecular weight excluding hydrogens is 538 g/mol. The van der Waals surface area contributed by atoms with Crippen molar-refractivity contribution in [3.8, 4) is 0 Å². The van der Waals surface area contributed by atoms with Crippen LogP contribution in [-0.2, 0) is 11.2 Å². The van der Waals surface area contributed by atoms with Crippen LogP contribution in [0.1, 0.15) is 31.1 Å². The minimum Gasteiger partial charge on any atom is -0.386 e. The van der Waals surface area contributed by atoms with Crippen LogP contribution >= 0.6 is 47.2 Å². The van der Waals surface area contributed by atoms with E-state index >= 15 is 0 Å². The molecule has 9 heteroatoms. The van der Waals surface area contributed by atoms with Gasteiger partial charge in [-0.15, -0.1) is 24.0 Å². The average molecular weight is 565 g/mol. The van der Waals surface area contributed by atoms with Gasteiger partial charge in [-0.1, -0.05) is 35.3 Å². The third-order valence-corrected chi connectivity index (χ3v) is 4.45. The number of anilines is 1. The lowest BCUT2D eigenvalue weighted by molar-refractivity contribution is -0.114. The number of halogens is 3. The number of guanidine groups is 1. The van der Waals surface area contributed by atoms with E-state index < -0.39 is 6.10 Å². The maximum Gasteiger partial charge on any atom is 0.221 e. The Kier molecular flexibility index (Phi) is 12.1. The molecule has 1 atom stereocenters. The van der Waals surface area contributed by atoms with Gasteiger partial charge in [0.2, 0.25) is 5.91 Å². The first kappa shape index (κ1) is 26.5. The Hall–Kier alpha value is -1.55. The molecule has 1 amide bonds. The summed E-state index contributed by atoms with van der Waals surface area (Å²) >= 11 is 12.0. The molecular formula is C21H27Cl2IN4O2. The normalized spacial score (nSPS) is 12.0. The highest BCUT2D eigenvalue weighted by Crippen LogP contribution is 2.23. The van der Waals surface area contributed by atoms with Gasteiger partial charge >= 0.3 is 0 Å². The summed E-state index contributed by atoms with van der Waals surface area (Å²) in [5.41, 5.74) is 2.54. The van der Waals surface area contributed by atoms with Crippen LogP contribution in [0, 0.1) is 0 Å². The van der Waals surface area contributed by atoms with Crippen LogP contribution in [0.15, 0.2) is 47.5 Å². The van der Waals surface area contributed by atoms with Crippen LogP contribution in [-0.4, -0.2) is 36.6 Å². The van der Waals surface area contributed by atoms with E-state index in [1.54, 1.807) is 18.2 Å². The molecule has 0 aliphatic carbocycles. The molecule has 0 heterocycles. The SMILES string of the molecule is CCNC(=NCC(O)c1cc(Cl)cc(Cl)c1)NCCc1ccc(NC(C)=O)cc1.I. The van der Waals surface area contributed by atoms with Crippen molar-refractivity contribution in [2.24, 2.45) is 4.99 Å². The van der Waals surface area contributed by atoms with Crippen molar-refractivity contribution >= 4 is 64.7 Å². The number of aliphatic hydroxyl groups is 1. The summed E-state index contributed by atoms with van der Waals surface area (Å²) in [6, 6.07) is 12.7. The highest BCUT2D eigenvalue weighted by atomic mass is 127. The molecule has 0 aliphatic rings. The zero-order valence-corrected chi connectivity index (χ0v) is 20.8. The Labute approximate surface area is 204 Å². The molecule has 1 unspecified atom stereocenters. The summed E-state index contributed by atoms with van der Waals surface area (Å²) in [6.07, 6.45) is -0.0139. The predicted octanol–water partition coefficient (Wildman–Crippen LogP) is 4.40. The van der Waals surface area contributed by atoms with Crippen molar-refractivity contribution in [1.29, 1.82) is 0 Å². The van der Waals surface area contributed by atoms with Gasteiger partial charge in [-0.3, -0.25) is 9.79 Å². The summed E-state index contributed by atoms with van der Waals surface area (Å²) in [4.78, 5) is 15.5. The fraction of sp³-hybridized carbons (Fsp3) is 0.333. The van der Waals surface area contributed by atoms with Gasteiger partial charge in [-0.25, -0.2) is 0 Å². The average Bonchev–Trinajstić information content (AvgIpc) is 2.66. The number of carbonyl (C=O) groups is 1. The van der Waals surface area contributed by atoms with E-state index in [1.807, 2.05) is 31.2 Å². The summed E-state index contributed by atoms with van der Waals surface area (Å²) < 4.78 is 0. The van der Waals surface area contributed by atoms with Crippen LogP contribution in [0.3, 0.4) is 0 Å². The molecule has 6 nitrogen and oxygen atoms in total. The Morgan fingerprint density at radius 3 is 2.30 bits per heavy atom. The van der Waals surface area contributed by atoms with Crippen LogP contribution in [0.5, 0.6) is 0 Å². The molecule has 0 saturated carbocycles. The van der Waals surface area contributed by atoms with Crippen LogP contribution in [0.2, 0.25) is 10.0 Å². The second kappa shape index (κ2) is 13.7. The summed E-state index contributed by atoms with van der Waals surface area (Å²) in [7, 11) is 0. The number of amides is 1. The fourth-order valence-electron chi connectivity index (χ4n) is 2.68. The van der Waals surface area contributed by atoms with E-state index in [2.05, 4.69) is 20.9 Å². The molecule has 30 heavy (non-hydrogen) atoms. The van der Waals surface area contributed by atoms with Crippen molar-refractivity contribution in [3.63, 3.8) is 0 Å². The van der Waals surface area contributed by atoms with E-state index in [4.69, 9.17) is 23.2 Å². The number of hydrogen-bond acceptors (Lipinski definition) is 3. The van der Waals surface area contributed by atoms with Crippen molar-refractivity contribution in [1.82, 2.24) is 10.6 Å². The highest BCUT2D eigenvalue weighted by Gasteiger charge is 2.10. The van der Waals surface area contributed by atoms with Crippen LogP contribution in [0.25, 0.3) is 0 Å². The molecule has 4 N–H and O–H groups in total. The number of carbonyl (C=O) groups excluding carboxylic acids is 1. The molecule has 0 fully saturated rings. The van der Waals surface area contributed by atoms with E-state index in [0.717, 1.165) is 17.7 Å². The standard InChI is InChI=1S/C21H26Cl2N4O2.HI/c1-3-24-21(26-13-20(29)16-10-17(22)12-18(23)11-16)25-9-8-15-4-6-19(7-5-15)27-14(2)28;/h4-7,10-12,20,29H,3,8-9,13H2,1-2H3,(H,27,28)(H2,24,25,26);1H. The van der Waals surface area contributed by atoms with Gasteiger partial charge in [0, 0.05) is 35.7 Å². The van der Waals surface area contributed by atoms with Gasteiger partial charge in [0.15, 0.2) is 5.96 Å². The number of nitrogens with one attached hydrogen (secondary N) is 3. The quantitative estimate of drug-likeness (QED) is 0.217. The van der Waals surface area contributed by atoms with E-state index in [0.29, 0.717) is 34.7 Å². The smallest absolute Gasteiger partial charge is 0.221 e. The van der Waals surface area contributed by atoms with Gasteiger partial charge in [-0.2, -0.15) is 0 Å². The first-order valence-corrected chi connectivity index (χ1v) is 10.2. The minimum absolute atomic E-state index is 0. The third-order valence-electron chi connectivity index (χ3n) is 4.02. The molecule has 0 aromatic heterocycles. The number of hydrogen-bond donors (Lipinski definition) is 4. The van der Waals surface area contributed by atoms with Gasteiger partial charge in [0.25, 0.3) is 0 Å². The molecule has 2 rings (SSSR count). The van der Waals surface area contributed by atoms with Gasteiger partial charge in [0.05, 0.1) is 12.6 Å². The first-order chi connectivity index (χ1) is 13.9. The van der Waals surface area contributed by atoms with Crippen LogP contribution in [0.4, 0.5) is 5.69 Å². The lowest BCUT2D eigenvalue weighted by atomic mass is 10.1. The second-order valence-corrected chi connectivity index (χ2v) is 7.37. The molecule has 0 saturated heterocycles. The zero-order chi connectivity index (χ0) is 21.2. The van der Waals surface area contributed by atoms with Crippen molar-refractivity contribution in [2.45, 2.75) is 26.4 Å². The number of aliphatic hydroxyl groups excluding tert-OH is 1. The minimum atomic E-state index is -0.803. The monoisotopic (exact) mass is 564 g/mol. The maximum absolute atomic E-state index is 11.1. The molecule has 2 aromatic carbocycles. The second-order valence-electron chi connectivity index (χ2n) is 6.49. The van der Waals surface area contributed by atoms with E-state index in [-0.39, 0.29) is 36.4 Å². The number of benzene rings is 2. The fourth-order valence-corrected chi connectivity index (χ4v) is 3.22. The number of nitrogens with zero attached hydrogens (tertiary/aromatic N) is 1. The number of rotatable bonds is 8. The Morgan fingerprint density at radius 1 is 1.10 bits per heavy atom. The maximum atomic E-state index is 11.1. The Bertz CT molecular complexity index is 827. The third kappa shape index (κ3) is 9.51. The lowest BCUT2D eigenvalue weighted by Gasteiger charge is -2.14. The lowest BCUT2D eigenvalue weighted by Crippen LogP contribution is -2.38. The van der Waals surface area contributed by atoms with Crippen LogP contribution < -0.4 is 16.0 Å². The molecule has 2 aromatic rings. The molecule has 0 spiro atoms. The summed E-state index contributed by atoms with van der Waals surface area (Å²) in [6.45, 7) is 5.01. The van der Waals surface area contributed by atoms with E-state index in [9.17, 15) is 9.90 Å². The molecule has 0 aliphatic heterocycles. The van der Waals surface area contributed by atoms with Crippen molar-refractivity contribution in [2.75, 3.05) is 25.0 Å².